The number of benzene rings is 2. The van der Waals surface area contributed by atoms with Crippen molar-refractivity contribution in [2.24, 2.45) is 11.5 Å². The summed E-state index contributed by atoms with van der Waals surface area (Å²) in [6, 6.07) is 13.0. The number of hydrogen-bond acceptors (Lipinski definition) is 6. The average Bonchev–Trinajstić information content (AvgIpc) is 2.74. The van der Waals surface area contributed by atoms with E-state index in [4.69, 9.17) is 16.2 Å². The summed E-state index contributed by atoms with van der Waals surface area (Å²) in [5.74, 6) is -1.76. The first-order valence-corrected chi connectivity index (χ1v) is 9.02. The highest BCUT2D eigenvalue weighted by Gasteiger charge is 2.33. The van der Waals surface area contributed by atoms with Crippen molar-refractivity contribution in [1.29, 1.82) is 0 Å². The van der Waals surface area contributed by atoms with Crippen molar-refractivity contribution in [1.82, 2.24) is 9.78 Å². The lowest BCUT2D eigenvalue weighted by Gasteiger charge is -2.33. The van der Waals surface area contributed by atoms with Crippen LogP contribution in [0.1, 0.15) is 10.5 Å². The van der Waals surface area contributed by atoms with Gasteiger partial charge in [0.1, 0.15) is 12.3 Å². The van der Waals surface area contributed by atoms with Gasteiger partial charge < -0.3 is 21.1 Å². The highest BCUT2D eigenvalue weighted by atomic mass is 16.5. The van der Waals surface area contributed by atoms with Crippen molar-refractivity contribution in [2.75, 3.05) is 11.4 Å². The molecule has 1 aliphatic rings. The summed E-state index contributed by atoms with van der Waals surface area (Å²) in [4.78, 5) is 50.7. The lowest BCUT2D eigenvalue weighted by Crippen LogP contribution is -2.50. The Labute approximate surface area is 169 Å². The number of hydrogen-bond donors (Lipinski definition) is 2. The molecule has 0 spiro atoms. The molecule has 0 fully saturated rings. The average molecular weight is 407 g/mol. The van der Waals surface area contributed by atoms with E-state index < -0.39 is 35.9 Å². The first-order chi connectivity index (χ1) is 14.4. The fourth-order valence-electron chi connectivity index (χ4n) is 3.36. The molecule has 2 heterocycles. The van der Waals surface area contributed by atoms with Gasteiger partial charge in [0.25, 0.3) is 17.4 Å². The van der Waals surface area contributed by atoms with Crippen LogP contribution in [0.5, 0.6) is 5.75 Å². The maximum atomic E-state index is 13.1. The predicted molar refractivity (Wildman–Crippen MR) is 107 cm³/mol. The third kappa shape index (κ3) is 3.24. The number of carbonyl (C=O) groups is 3. The number of aromatic nitrogens is 2. The minimum atomic E-state index is -1.04. The molecule has 0 saturated heterocycles. The first-order valence-electron chi connectivity index (χ1n) is 9.02. The van der Waals surface area contributed by atoms with Gasteiger partial charge in [-0.05, 0) is 18.2 Å². The number of anilines is 1. The topological polar surface area (TPSA) is 151 Å². The Balaban J connectivity index is 1.75. The number of amides is 3. The van der Waals surface area contributed by atoms with Crippen molar-refractivity contribution < 1.29 is 19.1 Å². The van der Waals surface area contributed by atoms with E-state index in [1.807, 2.05) is 0 Å². The third-order valence-corrected chi connectivity index (χ3v) is 4.78. The monoisotopic (exact) mass is 407 g/mol. The summed E-state index contributed by atoms with van der Waals surface area (Å²) in [6.07, 6.45) is -1.04. The van der Waals surface area contributed by atoms with Gasteiger partial charge in [-0.1, -0.05) is 30.3 Å². The number of nitrogens with two attached hydrogens (primary N) is 2. The van der Waals surface area contributed by atoms with E-state index in [1.54, 1.807) is 42.5 Å². The zero-order valence-electron chi connectivity index (χ0n) is 15.6. The molecule has 2 aromatic carbocycles. The first kappa shape index (κ1) is 19.1. The summed E-state index contributed by atoms with van der Waals surface area (Å²) in [5.41, 5.74) is 10.5. The van der Waals surface area contributed by atoms with Crippen LogP contribution >= 0.6 is 0 Å². The van der Waals surface area contributed by atoms with Crippen LogP contribution in [0.3, 0.4) is 0 Å². The van der Waals surface area contributed by atoms with Gasteiger partial charge in [-0.3, -0.25) is 19.2 Å². The largest absolute Gasteiger partial charge is 0.477 e. The van der Waals surface area contributed by atoms with E-state index in [2.05, 4.69) is 5.10 Å². The molecule has 0 saturated carbocycles. The second-order valence-electron chi connectivity index (χ2n) is 6.70. The van der Waals surface area contributed by atoms with Crippen LogP contribution in [0.4, 0.5) is 5.69 Å². The summed E-state index contributed by atoms with van der Waals surface area (Å²) in [7, 11) is 0. The van der Waals surface area contributed by atoms with Crippen LogP contribution in [-0.2, 0) is 16.1 Å². The van der Waals surface area contributed by atoms with Gasteiger partial charge in [-0.2, -0.15) is 5.10 Å². The number of carbonyl (C=O) groups excluding carboxylic acids is 3. The van der Waals surface area contributed by atoms with Gasteiger partial charge in [0.2, 0.25) is 5.91 Å². The lowest BCUT2D eigenvalue weighted by molar-refractivity contribution is -0.125. The van der Waals surface area contributed by atoms with Gasteiger partial charge in [0.15, 0.2) is 11.8 Å². The normalized spacial score (nSPS) is 15.3. The Morgan fingerprint density at radius 1 is 1.03 bits per heavy atom. The number of rotatable bonds is 4. The van der Waals surface area contributed by atoms with Crippen molar-refractivity contribution in [2.45, 2.75) is 12.6 Å². The molecule has 3 aromatic rings. The quantitative estimate of drug-likeness (QED) is 0.610. The van der Waals surface area contributed by atoms with Crippen molar-refractivity contribution in [3.05, 3.63) is 64.6 Å². The minimum absolute atomic E-state index is 0.115. The molecule has 1 atom stereocenters. The lowest BCUT2D eigenvalue weighted by atomic mass is 10.1. The van der Waals surface area contributed by atoms with E-state index >= 15 is 0 Å². The smallest absolute Gasteiger partial charge is 0.275 e. The van der Waals surface area contributed by atoms with E-state index in [1.165, 1.54) is 11.0 Å². The van der Waals surface area contributed by atoms with E-state index in [9.17, 15) is 19.2 Å². The summed E-state index contributed by atoms with van der Waals surface area (Å²) < 4.78 is 6.43. The fourth-order valence-corrected chi connectivity index (χ4v) is 3.36. The summed E-state index contributed by atoms with van der Waals surface area (Å²) in [5, 5.41) is 4.53. The Hall–Kier alpha value is -4.21. The predicted octanol–water partition coefficient (Wildman–Crippen LogP) is -0.225. The van der Waals surface area contributed by atoms with E-state index in [-0.39, 0.29) is 17.6 Å². The Morgan fingerprint density at radius 2 is 1.70 bits per heavy atom. The SMILES string of the molecule is NC(=O)c1nn(CC(=O)N2CC(C(N)=O)Oc3ccccc32)c(=O)c2ccccc12. The molecule has 10 nitrogen and oxygen atoms in total. The van der Waals surface area contributed by atoms with E-state index in [0.717, 1.165) is 4.68 Å². The molecule has 0 bridgehead atoms. The molecule has 1 aliphatic heterocycles. The van der Waals surface area contributed by atoms with Crippen LogP contribution in [0, 0.1) is 0 Å². The Morgan fingerprint density at radius 3 is 2.40 bits per heavy atom. The fraction of sp³-hybridized carbons (Fsp3) is 0.150. The van der Waals surface area contributed by atoms with Crippen molar-refractivity contribution >= 4 is 34.2 Å². The van der Waals surface area contributed by atoms with Crippen LogP contribution in [0.2, 0.25) is 0 Å². The molecule has 152 valence electrons. The maximum absolute atomic E-state index is 13.1. The molecule has 30 heavy (non-hydrogen) atoms. The molecule has 10 heteroatoms. The number of ether oxygens (including phenoxy) is 1. The van der Waals surface area contributed by atoms with E-state index in [0.29, 0.717) is 16.8 Å². The van der Waals surface area contributed by atoms with Gasteiger partial charge in [-0.25, -0.2) is 4.68 Å². The van der Waals surface area contributed by atoms with Gasteiger partial charge >= 0.3 is 0 Å². The summed E-state index contributed by atoms with van der Waals surface area (Å²) in [6.45, 7) is -0.583. The maximum Gasteiger partial charge on any atom is 0.275 e. The molecule has 1 unspecified atom stereocenters. The second-order valence-corrected chi connectivity index (χ2v) is 6.70. The zero-order chi connectivity index (χ0) is 21.4. The minimum Gasteiger partial charge on any atom is -0.477 e. The number of fused-ring (bicyclic) bond motifs is 2. The standard InChI is InChI=1S/C20H17N5O5/c21-18(27)15-9-24(13-7-3-4-8-14(13)30-15)16(26)10-25-20(29)12-6-2-1-5-11(12)17(23-25)19(22)28/h1-8,15H,9-10H2,(H2,21,27)(H2,22,28). The molecular weight excluding hydrogens is 390 g/mol. The molecule has 4 N–H and O–H groups in total. The molecule has 0 radical (unpaired) electrons. The Bertz CT molecular complexity index is 1250. The van der Waals surface area contributed by atoms with Gasteiger partial charge in [-0.15, -0.1) is 0 Å². The highest BCUT2D eigenvalue weighted by Crippen LogP contribution is 2.33. The zero-order valence-corrected chi connectivity index (χ0v) is 15.6. The third-order valence-electron chi connectivity index (χ3n) is 4.78. The highest BCUT2D eigenvalue weighted by molar-refractivity contribution is 6.04. The molecular formula is C20H17N5O5. The second kappa shape index (κ2) is 7.32. The Kier molecular flexibility index (Phi) is 4.66. The van der Waals surface area contributed by atoms with Crippen LogP contribution in [0.25, 0.3) is 10.8 Å². The number of primary amides is 2. The van der Waals surface area contributed by atoms with Crippen molar-refractivity contribution in [3.63, 3.8) is 0 Å². The number of nitrogens with zero attached hydrogens (tertiary/aromatic N) is 3. The van der Waals surface area contributed by atoms with Gasteiger partial charge in [0, 0.05) is 5.39 Å². The van der Waals surface area contributed by atoms with Gasteiger partial charge in [0.05, 0.1) is 17.6 Å². The number of para-hydroxylation sites is 2. The van der Waals surface area contributed by atoms with Crippen LogP contribution in [-0.4, -0.2) is 40.2 Å². The van der Waals surface area contributed by atoms with Crippen LogP contribution in [0.15, 0.2) is 53.3 Å². The molecule has 0 aliphatic carbocycles. The molecule has 4 rings (SSSR count). The van der Waals surface area contributed by atoms with Crippen LogP contribution < -0.4 is 26.7 Å². The van der Waals surface area contributed by atoms with Crippen molar-refractivity contribution in [3.8, 4) is 5.75 Å². The molecule has 3 amide bonds. The summed E-state index contributed by atoms with van der Waals surface area (Å²) >= 11 is 0. The molecule has 1 aromatic heterocycles.